The van der Waals surface area contributed by atoms with E-state index in [2.05, 4.69) is 18.2 Å². The molecule has 1 aliphatic rings. The van der Waals surface area contributed by atoms with E-state index in [1.165, 1.54) is 30.4 Å². The fourth-order valence-electron chi connectivity index (χ4n) is 2.87. The van der Waals surface area contributed by atoms with E-state index in [9.17, 15) is 9.90 Å². The minimum atomic E-state index is -0.847. The van der Waals surface area contributed by atoms with Crippen LogP contribution in [0.3, 0.4) is 0 Å². The molecule has 3 nitrogen and oxygen atoms in total. The van der Waals surface area contributed by atoms with Crippen LogP contribution in [0.2, 0.25) is 0 Å². The average molecular weight is 275 g/mol. The van der Waals surface area contributed by atoms with Crippen LogP contribution in [0.4, 0.5) is 0 Å². The van der Waals surface area contributed by atoms with E-state index in [1.54, 1.807) is 25.8 Å². The summed E-state index contributed by atoms with van der Waals surface area (Å²) < 4.78 is 0. The molecule has 0 heterocycles. The molecule has 1 amide bonds. The second-order valence-corrected chi connectivity index (χ2v) is 6.55. The smallest absolute Gasteiger partial charge is 0.226 e. The van der Waals surface area contributed by atoms with E-state index in [-0.39, 0.29) is 5.91 Å². The Morgan fingerprint density at radius 3 is 2.55 bits per heavy atom. The minimum Gasteiger partial charge on any atom is -0.389 e. The van der Waals surface area contributed by atoms with Crippen molar-refractivity contribution in [1.29, 1.82) is 0 Å². The Balaban J connectivity index is 2.01. The molecule has 20 heavy (non-hydrogen) atoms. The van der Waals surface area contributed by atoms with Crippen LogP contribution in [0, 0.1) is 0 Å². The van der Waals surface area contributed by atoms with Gasteiger partial charge in [0.2, 0.25) is 5.91 Å². The average Bonchev–Trinajstić information content (AvgIpc) is 2.36. The lowest BCUT2D eigenvalue weighted by Gasteiger charge is -2.26. The number of hydrogen-bond acceptors (Lipinski definition) is 2. The topological polar surface area (TPSA) is 40.5 Å². The summed E-state index contributed by atoms with van der Waals surface area (Å²) in [5.41, 5.74) is 3.09. The SMILES string of the molecule is CN(CC(C)(C)O)C(=O)Cc1ccc2c(c1)CCCC2. The van der Waals surface area contributed by atoms with Crippen molar-refractivity contribution >= 4 is 5.91 Å². The van der Waals surface area contributed by atoms with Gasteiger partial charge in [-0.25, -0.2) is 0 Å². The number of hydrogen-bond donors (Lipinski definition) is 1. The largest absolute Gasteiger partial charge is 0.389 e. The number of nitrogens with zero attached hydrogens (tertiary/aromatic N) is 1. The van der Waals surface area contributed by atoms with Crippen LogP contribution in [0.5, 0.6) is 0 Å². The number of aliphatic hydroxyl groups is 1. The Bertz CT molecular complexity index is 488. The summed E-state index contributed by atoms with van der Waals surface area (Å²) in [6.07, 6.45) is 5.25. The summed E-state index contributed by atoms with van der Waals surface area (Å²) >= 11 is 0. The number of rotatable bonds is 4. The van der Waals surface area contributed by atoms with Crippen LogP contribution < -0.4 is 0 Å². The molecular formula is C17H25NO2. The Labute approximate surface area is 121 Å². The van der Waals surface area contributed by atoms with E-state index >= 15 is 0 Å². The molecule has 0 atom stereocenters. The van der Waals surface area contributed by atoms with E-state index in [0.29, 0.717) is 13.0 Å². The van der Waals surface area contributed by atoms with Crippen LogP contribution in [-0.2, 0) is 24.1 Å². The molecule has 110 valence electrons. The maximum atomic E-state index is 12.2. The van der Waals surface area contributed by atoms with E-state index < -0.39 is 5.60 Å². The van der Waals surface area contributed by atoms with Crippen LogP contribution >= 0.6 is 0 Å². The van der Waals surface area contributed by atoms with Gasteiger partial charge in [-0.05, 0) is 56.2 Å². The first kappa shape index (κ1) is 15.0. The predicted molar refractivity (Wildman–Crippen MR) is 80.7 cm³/mol. The number of carbonyl (C=O) groups is 1. The maximum absolute atomic E-state index is 12.2. The Hall–Kier alpha value is -1.35. The van der Waals surface area contributed by atoms with Gasteiger partial charge in [-0.2, -0.15) is 0 Å². The van der Waals surface area contributed by atoms with Crippen molar-refractivity contribution < 1.29 is 9.90 Å². The standard InChI is InChI=1S/C17H25NO2/c1-17(2,20)12-18(3)16(19)11-13-8-9-14-6-4-5-7-15(14)10-13/h8-10,20H,4-7,11-12H2,1-3H3. The van der Waals surface area contributed by atoms with Gasteiger partial charge in [-0.15, -0.1) is 0 Å². The zero-order valence-corrected chi connectivity index (χ0v) is 12.8. The lowest BCUT2D eigenvalue weighted by Crippen LogP contribution is -2.40. The Morgan fingerprint density at radius 2 is 1.90 bits per heavy atom. The highest BCUT2D eigenvalue weighted by molar-refractivity contribution is 5.78. The van der Waals surface area contributed by atoms with Gasteiger partial charge in [0, 0.05) is 13.6 Å². The summed E-state index contributed by atoms with van der Waals surface area (Å²) in [5.74, 6) is 0.0582. The molecule has 1 aromatic carbocycles. The number of amides is 1. The van der Waals surface area contributed by atoms with Gasteiger partial charge in [0.25, 0.3) is 0 Å². The number of fused-ring (bicyclic) bond motifs is 1. The summed E-state index contributed by atoms with van der Waals surface area (Å²) in [4.78, 5) is 13.8. The first-order valence-electron chi connectivity index (χ1n) is 7.42. The van der Waals surface area contributed by atoms with Gasteiger partial charge in [0.15, 0.2) is 0 Å². The number of carbonyl (C=O) groups excluding carboxylic acids is 1. The third kappa shape index (κ3) is 4.07. The normalized spacial score (nSPS) is 14.8. The van der Waals surface area contributed by atoms with Crippen LogP contribution in [0.1, 0.15) is 43.4 Å². The summed E-state index contributed by atoms with van der Waals surface area (Å²) in [5, 5.41) is 9.77. The molecule has 0 radical (unpaired) electrons. The van der Waals surface area contributed by atoms with Gasteiger partial charge < -0.3 is 10.0 Å². The number of likely N-dealkylation sites (N-methyl/N-ethyl adjacent to an activating group) is 1. The highest BCUT2D eigenvalue weighted by atomic mass is 16.3. The molecular weight excluding hydrogens is 250 g/mol. The second-order valence-electron chi connectivity index (χ2n) is 6.55. The summed E-state index contributed by atoms with van der Waals surface area (Å²) in [6.45, 7) is 3.79. The zero-order valence-electron chi connectivity index (χ0n) is 12.8. The fraction of sp³-hybridized carbons (Fsp3) is 0.588. The first-order valence-corrected chi connectivity index (χ1v) is 7.42. The van der Waals surface area contributed by atoms with Crippen molar-refractivity contribution in [1.82, 2.24) is 4.90 Å². The number of aryl methyl sites for hydroxylation is 2. The van der Waals surface area contributed by atoms with Gasteiger partial charge >= 0.3 is 0 Å². The highest BCUT2D eigenvalue weighted by Crippen LogP contribution is 2.22. The highest BCUT2D eigenvalue weighted by Gasteiger charge is 2.19. The van der Waals surface area contributed by atoms with Crippen molar-refractivity contribution in [2.75, 3.05) is 13.6 Å². The van der Waals surface area contributed by atoms with Gasteiger partial charge in [-0.3, -0.25) is 4.79 Å². The summed E-state index contributed by atoms with van der Waals surface area (Å²) in [6, 6.07) is 6.43. The van der Waals surface area contributed by atoms with E-state index in [4.69, 9.17) is 0 Å². The minimum absolute atomic E-state index is 0.0582. The molecule has 2 rings (SSSR count). The molecule has 0 bridgehead atoms. The molecule has 0 saturated carbocycles. The monoisotopic (exact) mass is 275 g/mol. The Kier molecular flexibility index (Phi) is 4.48. The third-order valence-corrected chi connectivity index (χ3v) is 3.82. The van der Waals surface area contributed by atoms with Crippen molar-refractivity contribution in [3.8, 4) is 0 Å². The maximum Gasteiger partial charge on any atom is 0.226 e. The van der Waals surface area contributed by atoms with Crippen molar-refractivity contribution in [2.24, 2.45) is 0 Å². The lowest BCUT2D eigenvalue weighted by atomic mass is 9.90. The van der Waals surface area contributed by atoms with Crippen LogP contribution in [0.15, 0.2) is 18.2 Å². The molecule has 1 aromatic rings. The predicted octanol–water partition coefficient (Wildman–Crippen LogP) is 2.34. The van der Waals surface area contributed by atoms with Crippen LogP contribution in [-0.4, -0.2) is 35.1 Å². The lowest BCUT2D eigenvalue weighted by molar-refractivity contribution is -0.131. The Morgan fingerprint density at radius 1 is 1.25 bits per heavy atom. The molecule has 3 heteroatoms. The number of benzene rings is 1. The van der Waals surface area contributed by atoms with Crippen molar-refractivity contribution in [3.63, 3.8) is 0 Å². The van der Waals surface area contributed by atoms with Crippen molar-refractivity contribution in [3.05, 3.63) is 34.9 Å². The van der Waals surface area contributed by atoms with E-state index in [0.717, 1.165) is 12.0 Å². The second kappa shape index (κ2) is 5.96. The van der Waals surface area contributed by atoms with Gasteiger partial charge in [-0.1, -0.05) is 18.2 Å². The first-order chi connectivity index (χ1) is 9.35. The van der Waals surface area contributed by atoms with Gasteiger partial charge in [0.1, 0.15) is 0 Å². The third-order valence-electron chi connectivity index (χ3n) is 3.82. The molecule has 0 spiro atoms. The van der Waals surface area contributed by atoms with Crippen LogP contribution in [0.25, 0.3) is 0 Å². The fourth-order valence-corrected chi connectivity index (χ4v) is 2.87. The molecule has 1 N–H and O–H groups in total. The molecule has 0 aromatic heterocycles. The van der Waals surface area contributed by atoms with Crippen molar-refractivity contribution in [2.45, 2.75) is 51.6 Å². The molecule has 0 unspecified atom stereocenters. The quantitative estimate of drug-likeness (QED) is 0.916. The molecule has 1 aliphatic carbocycles. The van der Waals surface area contributed by atoms with Gasteiger partial charge in [0.05, 0.1) is 12.0 Å². The molecule has 0 aliphatic heterocycles. The zero-order chi connectivity index (χ0) is 14.8. The summed E-state index contributed by atoms with van der Waals surface area (Å²) in [7, 11) is 1.75. The van der Waals surface area contributed by atoms with E-state index in [1.807, 2.05) is 0 Å². The molecule has 0 saturated heterocycles. The molecule has 0 fully saturated rings.